The van der Waals surface area contributed by atoms with Crippen molar-refractivity contribution in [1.29, 1.82) is 0 Å². The van der Waals surface area contributed by atoms with Crippen LogP contribution in [0.1, 0.15) is 42.1 Å². The van der Waals surface area contributed by atoms with Gasteiger partial charge < -0.3 is 9.64 Å². The van der Waals surface area contributed by atoms with Crippen LogP contribution in [0.5, 0.6) is 5.75 Å². The summed E-state index contributed by atoms with van der Waals surface area (Å²) < 4.78 is 59.5. The van der Waals surface area contributed by atoms with Crippen molar-refractivity contribution in [2.45, 2.75) is 37.8 Å². The van der Waals surface area contributed by atoms with E-state index in [1.165, 1.54) is 29.7 Å². The topological polar surface area (TPSA) is 59.7 Å². The molecule has 6 nitrogen and oxygen atoms in total. The lowest BCUT2D eigenvalue weighted by atomic mass is 9.96. The highest BCUT2D eigenvalue weighted by atomic mass is 19.4. The summed E-state index contributed by atoms with van der Waals surface area (Å²) in [6, 6.07) is 6.86. The van der Waals surface area contributed by atoms with Gasteiger partial charge in [-0.3, -0.25) is 9.20 Å². The number of carbonyl (C=O) groups is 1. The van der Waals surface area contributed by atoms with Gasteiger partial charge in [0.05, 0.1) is 12.7 Å². The number of nitrogens with zero attached hydrogens (tertiary/aromatic N) is 4. The third-order valence-electron chi connectivity index (χ3n) is 5.74. The number of aryl methyl sites for hydroxylation is 1. The molecule has 0 saturated carbocycles. The fourth-order valence-electron chi connectivity index (χ4n) is 4.04. The fourth-order valence-corrected chi connectivity index (χ4v) is 4.04. The van der Waals surface area contributed by atoms with Gasteiger partial charge in [0, 0.05) is 31.6 Å². The average Bonchev–Trinajstić information content (AvgIpc) is 3.20. The number of alkyl halides is 3. The van der Waals surface area contributed by atoms with E-state index in [0.717, 1.165) is 12.3 Å². The molecule has 1 fully saturated rings. The molecule has 1 aliphatic heterocycles. The summed E-state index contributed by atoms with van der Waals surface area (Å²) in [6.07, 6.45) is -1.47. The van der Waals surface area contributed by atoms with E-state index >= 15 is 0 Å². The molecule has 1 aromatic carbocycles. The van der Waals surface area contributed by atoms with E-state index in [-0.39, 0.29) is 24.0 Å². The molecule has 0 N–H and O–H groups in total. The molecule has 1 saturated heterocycles. The molecule has 0 radical (unpaired) electrons. The third-order valence-corrected chi connectivity index (χ3v) is 5.74. The molecule has 3 aromatic rings. The van der Waals surface area contributed by atoms with Crippen LogP contribution in [0.4, 0.5) is 17.6 Å². The zero-order chi connectivity index (χ0) is 22.9. The molecule has 4 rings (SSSR count). The molecule has 170 valence electrons. The standard InChI is InChI=1S/C22H22F4N4O2/c1-32-18-7-4-14(11-17(18)23)5-9-20(31)29-10-2-3-15(12-29)21-28-27-19-8-6-16(13-30(19)21)22(24,25)26/h4,6-8,11,13,15H,2-3,5,9-10,12H2,1H3. The van der Waals surface area contributed by atoms with Crippen LogP contribution in [-0.4, -0.2) is 45.6 Å². The van der Waals surface area contributed by atoms with Crippen LogP contribution < -0.4 is 4.74 Å². The quantitative estimate of drug-likeness (QED) is 0.546. The minimum absolute atomic E-state index is 0.0873. The molecule has 2 aromatic heterocycles. The van der Waals surface area contributed by atoms with Crippen molar-refractivity contribution >= 4 is 11.6 Å². The van der Waals surface area contributed by atoms with Gasteiger partial charge in [0.2, 0.25) is 5.91 Å². The Hall–Kier alpha value is -3.17. The van der Waals surface area contributed by atoms with Crippen molar-refractivity contribution in [3.8, 4) is 5.75 Å². The van der Waals surface area contributed by atoms with Gasteiger partial charge in [-0.05, 0) is 49.1 Å². The molecule has 0 bridgehead atoms. The van der Waals surface area contributed by atoms with Gasteiger partial charge in [-0.15, -0.1) is 10.2 Å². The van der Waals surface area contributed by atoms with Crippen LogP contribution in [0.2, 0.25) is 0 Å². The molecule has 3 heterocycles. The number of pyridine rings is 1. The number of piperidine rings is 1. The van der Waals surface area contributed by atoms with Crippen molar-refractivity contribution in [2.24, 2.45) is 0 Å². The Kier molecular flexibility index (Phi) is 6.03. The van der Waals surface area contributed by atoms with Crippen LogP contribution in [0, 0.1) is 5.82 Å². The molecule has 1 unspecified atom stereocenters. The lowest BCUT2D eigenvalue weighted by Gasteiger charge is -2.32. The molecule has 0 aliphatic carbocycles. The smallest absolute Gasteiger partial charge is 0.417 e. The Balaban J connectivity index is 1.45. The number of amides is 1. The van der Waals surface area contributed by atoms with E-state index in [2.05, 4.69) is 10.2 Å². The first-order chi connectivity index (χ1) is 15.3. The van der Waals surface area contributed by atoms with E-state index < -0.39 is 17.6 Å². The summed E-state index contributed by atoms with van der Waals surface area (Å²) in [5.74, 6) is -0.221. The van der Waals surface area contributed by atoms with Crippen LogP contribution in [0.15, 0.2) is 36.5 Å². The Morgan fingerprint density at radius 1 is 1.22 bits per heavy atom. The van der Waals surface area contributed by atoms with Gasteiger partial charge >= 0.3 is 6.18 Å². The van der Waals surface area contributed by atoms with Gasteiger partial charge in [0.1, 0.15) is 5.82 Å². The number of ether oxygens (including phenoxy) is 1. The first-order valence-corrected chi connectivity index (χ1v) is 10.3. The van der Waals surface area contributed by atoms with Gasteiger partial charge in [-0.25, -0.2) is 4.39 Å². The summed E-state index contributed by atoms with van der Waals surface area (Å²) in [5.41, 5.74) is 0.243. The average molecular weight is 450 g/mol. The number of halogens is 4. The van der Waals surface area contributed by atoms with Crippen molar-refractivity contribution < 1.29 is 27.1 Å². The maximum Gasteiger partial charge on any atom is 0.417 e. The van der Waals surface area contributed by atoms with E-state index in [1.807, 2.05) is 0 Å². The Labute approximate surface area is 181 Å². The van der Waals surface area contributed by atoms with Crippen LogP contribution in [0.25, 0.3) is 5.65 Å². The molecule has 1 amide bonds. The molecule has 1 atom stereocenters. The van der Waals surface area contributed by atoms with Gasteiger partial charge in [0.25, 0.3) is 0 Å². The molecule has 1 aliphatic rings. The number of fused-ring (bicyclic) bond motifs is 1. The lowest BCUT2D eigenvalue weighted by Crippen LogP contribution is -2.39. The monoisotopic (exact) mass is 450 g/mol. The predicted molar refractivity (Wildman–Crippen MR) is 108 cm³/mol. The molecule has 0 spiro atoms. The molecular formula is C22H22F4N4O2. The van der Waals surface area contributed by atoms with Crippen molar-refractivity contribution in [3.63, 3.8) is 0 Å². The highest BCUT2D eigenvalue weighted by Gasteiger charge is 2.32. The summed E-state index contributed by atoms with van der Waals surface area (Å²) in [4.78, 5) is 14.5. The van der Waals surface area contributed by atoms with Crippen LogP contribution in [-0.2, 0) is 17.4 Å². The van der Waals surface area contributed by atoms with Gasteiger partial charge in [-0.1, -0.05) is 6.07 Å². The van der Waals surface area contributed by atoms with Gasteiger partial charge in [-0.2, -0.15) is 13.2 Å². The first-order valence-electron chi connectivity index (χ1n) is 10.3. The summed E-state index contributed by atoms with van der Waals surface area (Å²) >= 11 is 0. The summed E-state index contributed by atoms with van der Waals surface area (Å²) in [7, 11) is 1.39. The normalized spacial score (nSPS) is 17.0. The number of methoxy groups -OCH3 is 1. The largest absolute Gasteiger partial charge is 0.494 e. The maximum absolute atomic E-state index is 13.9. The van der Waals surface area contributed by atoms with E-state index in [1.54, 1.807) is 11.0 Å². The Morgan fingerprint density at radius 2 is 2.03 bits per heavy atom. The molecule has 10 heteroatoms. The second-order valence-corrected chi connectivity index (χ2v) is 7.85. The van der Waals surface area contributed by atoms with E-state index in [9.17, 15) is 22.4 Å². The summed E-state index contributed by atoms with van der Waals surface area (Å²) in [5, 5.41) is 8.09. The van der Waals surface area contributed by atoms with Gasteiger partial charge in [0.15, 0.2) is 17.2 Å². The number of benzene rings is 1. The van der Waals surface area contributed by atoms with E-state index in [4.69, 9.17) is 4.74 Å². The molecular weight excluding hydrogens is 428 g/mol. The highest BCUT2D eigenvalue weighted by Crippen LogP contribution is 2.31. The third kappa shape index (κ3) is 4.53. The maximum atomic E-state index is 13.9. The second-order valence-electron chi connectivity index (χ2n) is 7.85. The van der Waals surface area contributed by atoms with Crippen molar-refractivity contribution in [3.05, 3.63) is 59.3 Å². The highest BCUT2D eigenvalue weighted by molar-refractivity contribution is 5.76. The number of rotatable bonds is 5. The number of carbonyl (C=O) groups excluding carboxylic acids is 1. The lowest BCUT2D eigenvalue weighted by molar-refractivity contribution is -0.137. The Bertz CT molecular complexity index is 1130. The zero-order valence-corrected chi connectivity index (χ0v) is 17.4. The molecule has 32 heavy (non-hydrogen) atoms. The van der Waals surface area contributed by atoms with E-state index in [0.29, 0.717) is 49.4 Å². The first kappa shape index (κ1) is 22.0. The SMILES string of the molecule is COc1ccc(CCC(=O)N2CCCC(c3nnc4ccc(C(F)(F)F)cn34)C2)cc1F. The minimum Gasteiger partial charge on any atom is -0.494 e. The van der Waals surface area contributed by atoms with Crippen molar-refractivity contribution in [1.82, 2.24) is 19.5 Å². The zero-order valence-electron chi connectivity index (χ0n) is 17.4. The summed E-state index contributed by atoms with van der Waals surface area (Å²) in [6.45, 7) is 0.920. The number of hydrogen-bond acceptors (Lipinski definition) is 4. The number of likely N-dealkylation sites (tertiary alicyclic amines) is 1. The van der Waals surface area contributed by atoms with Crippen LogP contribution in [0.3, 0.4) is 0 Å². The minimum atomic E-state index is -4.47. The second kappa shape index (κ2) is 8.76. The fraction of sp³-hybridized carbons (Fsp3) is 0.409. The predicted octanol–water partition coefficient (Wildman–Crippen LogP) is 4.23. The Morgan fingerprint density at radius 3 is 2.75 bits per heavy atom. The number of hydrogen-bond donors (Lipinski definition) is 0. The number of aromatic nitrogens is 3. The van der Waals surface area contributed by atoms with Crippen LogP contribution >= 0.6 is 0 Å². The van der Waals surface area contributed by atoms with Crippen molar-refractivity contribution in [2.75, 3.05) is 20.2 Å².